The lowest BCUT2D eigenvalue weighted by Gasteiger charge is -2.07. The number of amides is 1. The fourth-order valence-electron chi connectivity index (χ4n) is 1.97. The predicted molar refractivity (Wildman–Crippen MR) is 93.6 cm³/mol. The first-order valence-corrected chi connectivity index (χ1v) is 8.99. The van der Waals surface area contributed by atoms with E-state index in [1.54, 1.807) is 18.2 Å². The van der Waals surface area contributed by atoms with Crippen LogP contribution in [0.2, 0.25) is 0 Å². The molecule has 0 aliphatic rings. The SMILES string of the molecule is N#C/C(=C\c1ccco1)C(=O)NCCNS(=O)(=O)c1cccc([N+](=O)[O-])c1. The Kier molecular flexibility index (Phi) is 6.42. The summed E-state index contributed by atoms with van der Waals surface area (Å²) >= 11 is 0. The molecule has 0 unspecified atom stereocenters. The van der Waals surface area contributed by atoms with E-state index in [-0.39, 0.29) is 29.2 Å². The normalized spacial score (nSPS) is 11.6. The van der Waals surface area contributed by atoms with Gasteiger partial charge in [-0.3, -0.25) is 14.9 Å². The van der Waals surface area contributed by atoms with Crippen molar-refractivity contribution in [3.8, 4) is 6.07 Å². The van der Waals surface area contributed by atoms with E-state index in [0.29, 0.717) is 5.76 Å². The van der Waals surface area contributed by atoms with Crippen molar-refractivity contribution >= 4 is 27.7 Å². The number of nitrogens with one attached hydrogen (secondary N) is 2. The summed E-state index contributed by atoms with van der Waals surface area (Å²) in [5.41, 5.74) is -0.556. The zero-order chi connectivity index (χ0) is 19.9. The second-order valence-electron chi connectivity index (χ2n) is 5.09. The molecule has 0 saturated heterocycles. The van der Waals surface area contributed by atoms with E-state index in [4.69, 9.17) is 9.68 Å². The van der Waals surface area contributed by atoms with Crippen molar-refractivity contribution in [1.82, 2.24) is 10.0 Å². The van der Waals surface area contributed by atoms with Gasteiger partial charge in [0.1, 0.15) is 17.4 Å². The quantitative estimate of drug-likeness (QED) is 0.225. The smallest absolute Gasteiger partial charge is 0.270 e. The van der Waals surface area contributed by atoms with Gasteiger partial charge in [-0.1, -0.05) is 6.07 Å². The molecule has 1 amide bonds. The third-order valence-electron chi connectivity index (χ3n) is 3.24. The Morgan fingerprint density at radius 3 is 2.70 bits per heavy atom. The molecule has 0 bridgehead atoms. The molecule has 1 heterocycles. The molecule has 27 heavy (non-hydrogen) atoms. The first kappa shape index (κ1) is 19.8. The summed E-state index contributed by atoms with van der Waals surface area (Å²) in [7, 11) is -3.98. The number of rotatable bonds is 8. The number of hydrogen-bond acceptors (Lipinski definition) is 7. The number of nitrogens with zero attached hydrogens (tertiary/aromatic N) is 2. The van der Waals surface area contributed by atoms with Crippen molar-refractivity contribution in [2.75, 3.05) is 13.1 Å². The van der Waals surface area contributed by atoms with Crippen LogP contribution >= 0.6 is 0 Å². The van der Waals surface area contributed by atoms with Gasteiger partial charge in [0, 0.05) is 31.3 Å². The van der Waals surface area contributed by atoms with E-state index in [2.05, 4.69) is 10.0 Å². The molecule has 10 nitrogen and oxygen atoms in total. The average molecular weight is 390 g/mol. The van der Waals surface area contributed by atoms with E-state index in [1.807, 2.05) is 0 Å². The summed E-state index contributed by atoms with van der Waals surface area (Å²) in [4.78, 5) is 21.7. The van der Waals surface area contributed by atoms with E-state index in [0.717, 1.165) is 6.07 Å². The molecular weight excluding hydrogens is 376 g/mol. The maximum absolute atomic E-state index is 12.1. The van der Waals surface area contributed by atoms with E-state index >= 15 is 0 Å². The number of nitriles is 1. The van der Waals surface area contributed by atoms with Crippen molar-refractivity contribution in [3.05, 3.63) is 64.1 Å². The molecule has 0 spiro atoms. The first-order valence-electron chi connectivity index (χ1n) is 7.51. The van der Waals surface area contributed by atoms with Gasteiger partial charge in [0.25, 0.3) is 11.6 Å². The lowest BCUT2D eigenvalue weighted by molar-refractivity contribution is -0.385. The lowest BCUT2D eigenvalue weighted by atomic mass is 10.2. The number of benzene rings is 1. The van der Waals surface area contributed by atoms with Crippen LogP contribution in [-0.4, -0.2) is 32.3 Å². The molecule has 0 aliphatic heterocycles. The molecule has 0 aliphatic carbocycles. The van der Waals surface area contributed by atoms with Crippen molar-refractivity contribution in [2.24, 2.45) is 0 Å². The zero-order valence-corrected chi connectivity index (χ0v) is 14.6. The average Bonchev–Trinajstić information content (AvgIpc) is 3.16. The third kappa shape index (κ3) is 5.50. The number of hydrogen-bond donors (Lipinski definition) is 2. The number of non-ortho nitro benzene ring substituents is 1. The maximum Gasteiger partial charge on any atom is 0.270 e. The van der Waals surface area contributed by atoms with Gasteiger partial charge in [0.15, 0.2) is 0 Å². The standard InChI is InChI=1S/C16H14N4O6S/c17-11-12(9-14-4-2-8-26-14)16(21)18-6-7-19-27(24,25)15-5-1-3-13(10-15)20(22)23/h1-5,8-10,19H,6-7H2,(H,18,21)/b12-9+. The second-order valence-corrected chi connectivity index (χ2v) is 6.86. The van der Waals surface area contributed by atoms with Crippen LogP contribution in [0.3, 0.4) is 0 Å². The Morgan fingerprint density at radius 2 is 2.07 bits per heavy atom. The summed E-state index contributed by atoms with van der Waals surface area (Å²) in [5, 5.41) is 22.1. The van der Waals surface area contributed by atoms with Gasteiger partial charge in [-0.15, -0.1) is 0 Å². The molecule has 2 aromatic rings. The Hall–Kier alpha value is -3.49. The first-order chi connectivity index (χ1) is 12.8. The van der Waals surface area contributed by atoms with Gasteiger partial charge in [-0.25, -0.2) is 13.1 Å². The van der Waals surface area contributed by atoms with Crippen molar-refractivity contribution in [2.45, 2.75) is 4.90 Å². The predicted octanol–water partition coefficient (Wildman–Crippen LogP) is 1.19. The highest BCUT2D eigenvalue weighted by Crippen LogP contribution is 2.16. The number of carbonyl (C=O) groups excluding carboxylic acids is 1. The van der Waals surface area contributed by atoms with Crippen molar-refractivity contribution < 1.29 is 22.6 Å². The fraction of sp³-hybridized carbons (Fsp3) is 0.125. The largest absolute Gasteiger partial charge is 0.465 e. The highest BCUT2D eigenvalue weighted by Gasteiger charge is 2.17. The van der Waals surface area contributed by atoms with Crippen molar-refractivity contribution in [1.29, 1.82) is 5.26 Å². The van der Waals surface area contributed by atoms with E-state index in [1.165, 1.54) is 30.5 Å². The van der Waals surface area contributed by atoms with Gasteiger partial charge >= 0.3 is 0 Å². The minimum absolute atomic E-state index is 0.0931. The molecule has 0 fully saturated rings. The molecule has 1 aromatic heterocycles. The Bertz CT molecular complexity index is 1010. The van der Waals surface area contributed by atoms with E-state index < -0.39 is 20.9 Å². The van der Waals surface area contributed by atoms with Crippen LogP contribution in [0.4, 0.5) is 5.69 Å². The summed E-state index contributed by atoms with van der Waals surface area (Å²) in [6, 6.07) is 9.47. The molecule has 0 saturated carbocycles. The Balaban J connectivity index is 1.92. The summed E-state index contributed by atoms with van der Waals surface area (Å²) < 4.78 is 31.5. The van der Waals surface area contributed by atoms with Crippen LogP contribution in [0.25, 0.3) is 6.08 Å². The molecule has 0 atom stereocenters. The van der Waals surface area contributed by atoms with Crippen LogP contribution in [0.1, 0.15) is 5.76 Å². The molecule has 140 valence electrons. The molecule has 2 rings (SSSR count). The fourth-order valence-corrected chi connectivity index (χ4v) is 3.04. The Labute approximate surface area is 154 Å². The lowest BCUT2D eigenvalue weighted by Crippen LogP contribution is -2.35. The van der Waals surface area contributed by atoms with Crippen LogP contribution in [0, 0.1) is 21.4 Å². The highest BCUT2D eigenvalue weighted by molar-refractivity contribution is 7.89. The van der Waals surface area contributed by atoms with Crippen LogP contribution < -0.4 is 10.0 Å². The molecule has 11 heteroatoms. The maximum atomic E-state index is 12.1. The number of carbonyl (C=O) groups is 1. The highest BCUT2D eigenvalue weighted by atomic mass is 32.2. The minimum Gasteiger partial charge on any atom is -0.465 e. The van der Waals surface area contributed by atoms with Gasteiger partial charge in [-0.2, -0.15) is 5.26 Å². The monoisotopic (exact) mass is 390 g/mol. The van der Waals surface area contributed by atoms with Gasteiger partial charge in [-0.05, 0) is 18.2 Å². The van der Waals surface area contributed by atoms with E-state index in [9.17, 15) is 23.3 Å². The minimum atomic E-state index is -3.98. The van der Waals surface area contributed by atoms with Crippen molar-refractivity contribution in [3.63, 3.8) is 0 Å². The van der Waals surface area contributed by atoms with Crippen LogP contribution in [0.15, 0.2) is 57.5 Å². The van der Waals surface area contributed by atoms with Crippen LogP contribution in [-0.2, 0) is 14.8 Å². The number of furan rings is 1. The molecule has 2 N–H and O–H groups in total. The summed E-state index contributed by atoms with van der Waals surface area (Å²) in [6.45, 7) is -0.264. The topological polar surface area (TPSA) is 155 Å². The molecular formula is C16H14N4O6S. The summed E-state index contributed by atoms with van der Waals surface area (Å²) in [5.74, 6) is -0.364. The number of nitro groups is 1. The van der Waals surface area contributed by atoms with Gasteiger partial charge < -0.3 is 9.73 Å². The Morgan fingerprint density at radius 1 is 1.30 bits per heavy atom. The van der Waals surface area contributed by atoms with Gasteiger partial charge in [0.05, 0.1) is 16.1 Å². The second kappa shape index (κ2) is 8.75. The van der Waals surface area contributed by atoms with Crippen LogP contribution in [0.5, 0.6) is 0 Å². The molecule has 1 aromatic carbocycles. The third-order valence-corrected chi connectivity index (χ3v) is 4.69. The van der Waals surface area contributed by atoms with Gasteiger partial charge in [0.2, 0.25) is 10.0 Å². The number of nitro benzene ring substituents is 1. The summed E-state index contributed by atoms with van der Waals surface area (Å²) in [6.07, 6.45) is 2.64. The zero-order valence-electron chi connectivity index (χ0n) is 13.8. The number of sulfonamides is 1. The molecule has 0 radical (unpaired) electrons.